The average Bonchev–Trinajstić information content (AvgIpc) is 2.85. The molecule has 0 unspecified atom stereocenters. The Morgan fingerprint density at radius 3 is 2.65 bits per heavy atom. The maximum Gasteiger partial charge on any atom is 0.342 e. The molecule has 4 atom stereocenters. The van der Waals surface area contributed by atoms with Crippen LogP contribution in [0.2, 0.25) is 0 Å². The summed E-state index contributed by atoms with van der Waals surface area (Å²) in [7, 11) is 0. The van der Waals surface area contributed by atoms with E-state index in [9.17, 15) is 19.5 Å². The zero-order chi connectivity index (χ0) is 26.2. The van der Waals surface area contributed by atoms with Crippen molar-refractivity contribution >= 4 is 23.9 Å². The Kier molecular flexibility index (Phi) is 8.74. The van der Waals surface area contributed by atoms with Gasteiger partial charge >= 0.3 is 11.9 Å². The summed E-state index contributed by atoms with van der Waals surface area (Å²) in [5, 5.41) is 13.1. The molecule has 1 amide bonds. The third kappa shape index (κ3) is 7.54. The average molecular weight is 506 g/mol. The monoisotopic (exact) mass is 505 g/mol. The number of esters is 2. The van der Waals surface area contributed by atoms with Crippen molar-refractivity contribution in [2.45, 2.75) is 63.4 Å². The fraction of sp³-hybridized carbons (Fsp3) is 0.345. The van der Waals surface area contributed by atoms with Crippen molar-refractivity contribution in [1.82, 2.24) is 5.32 Å². The number of nitrogens with one attached hydrogen (secondary N) is 1. The molecule has 0 spiro atoms. The molecule has 2 aromatic carbocycles. The van der Waals surface area contributed by atoms with Crippen LogP contribution in [-0.4, -0.2) is 47.4 Å². The number of aromatic hydroxyl groups is 1. The van der Waals surface area contributed by atoms with Crippen molar-refractivity contribution in [3.05, 3.63) is 83.6 Å². The van der Waals surface area contributed by atoms with E-state index in [2.05, 4.69) is 5.32 Å². The van der Waals surface area contributed by atoms with Crippen molar-refractivity contribution in [3.8, 4) is 5.75 Å². The second kappa shape index (κ2) is 12.4. The van der Waals surface area contributed by atoms with E-state index >= 15 is 0 Å². The van der Waals surface area contributed by atoms with E-state index in [1.807, 2.05) is 30.3 Å². The first-order valence-corrected chi connectivity index (χ1v) is 12.4. The number of phenols is 1. The van der Waals surface area contributed by atoms with Gasteiger partial charge in [0.1, 0.15) is 23.5 Å². The minimum absolute atomic E-state index is 0.118. The molecule has 194 valence electrons. The summed E-state index contributed by atoms with van der Waals surface area (Å²) in [5.41, 5.74) is 1.65. The number of cyclic esters (lactones) is 1. The molecule has 2 aliphatic heterocycles. The number of rotatable bonds is 6. The second-order valence-corrected chi connectivity index (χ2v) is 9.25. The Hall–Kier alpha value is -3.91. The Bertz CT molecular complexity index is 1170. The molecular weight excluding hydrogens is 474 g/mol. The molecule has 37 heavy (non-hydrogen) atoms. The van der Waals surface area contributed by atoms with Crippen LogP contribution >= 0.6 is 0 Å². The van der Waals surface area contributed by atoms with E-state index < -0.39 is 12.1 Å². The fourth-order valence-corrected chi connectivity index (χ4v) is 4.76. The summed E-state index contributed by atoms with van der Waals surface area (Å²) >= 11 is 0. The molecule has 2 N–H and O–H groups in total. The first kappa shape index (κ1) is 26.2. The van der Waals surface area contributed by atoms with Gasteiger partial charge in [0, 0.05) is 44.9 Å². The van der Waals surface area contributed by atoms with Crippen LogP contribution in [0.3, 0.4) is 0 Å². The maximum absolute atomic E-state index is 13.0. The largest absolute Gasteiger partial charge is 0.507 e. The number of ether oxygens (including phenoxy) is 3. The lowest BCUT2D eigenvalue weighted by atomic mass is 9.91. The molecule has 1 saturated heterocycles. The van der Waals surface area contributed by atoms with E-state index in [4.69, 9.17) is 14.2 Å². The highest BCUT2D eigenvalue weighted by Gasteiger charge is 2.36. The Morgan fingerprint density at radius 2 is 1.86 bits per heavy atom. The van der Waals surface area contributed by atoms with E-state index in [0.29, 0.717) is 37.7 Å². The van der Waals surface area contributed by atoms with Crippen molar-refractivity contribution in [1.29, 1.82) is 0 Å². The molecule has 2 bridgehead atoms. The number of carbonyl (C=O) groups is 3. The van der Waals surface area contributed by atoms with Crippen molar-refractivity contribution in [3.63, 3.8) is 0 Å². The van der Waals surface area contributed by atoms with E-state index in [1.165, 1.54) is 25.3 Å². The van der Waals surface area contributed by atoms with Crippen molar-refractivity contribution in [2.75, 3.05) is 0 Å². The summed E-state index contributed by atoms with van der Waals surface area (Å²) in [6.45, 7) is 1.38. The van der Waals surface area contributed by atoms with Crippen LogP contribution in [-0.2, 0) is 30.2 Å². The van der Waals surface area contributed by atoms with Crippen molar-refractivity contribution < 1.29 is 33.7 Å². The van der Waals surface area contributed by atoms with Gasteiger partial charge in [-0.2, -0.15) is 0 Å². The van der Waals surface area contributed by atoms with Crippen LogP contribution in [0, 0.1) is 0 Å². The number of phenolic OH excluding ortho intramolecular Hbond substituents is 1. The van der Waals surface area contributed by atoms with Crippen LogP contribution in [0.4, 0.5) is 0 Å². The van der Waals surface area contributed by atoms with Gasteiger partial charge in [-0.25, -0.2) is 4.79 Å². The molecule has 0 aliphatic carbocycles. The molecule has 2 aliphatic rings. The highest BCUT2D eigenvalue weighted by molar-refractivity contribution is 5.94. The third-order valence-electron chi connectivity index (χ3n) is 6.32. The molecule has 8 nitrogen and oxygen atoms in total. The highest BCUT2D eigenvalue weighted by atomic mass is 16.6. The Labute approximate surface area is 215 Å². The zero-order valence-corrected chi connectivity index (χ0v) is 20.7. The van der Waals surface area contributed by atoms with Gasteiger partial charge in [-0.15, -0.1) is 0 Å². The van der Waals surface area contributed by atoms with Gasteiger partial charge in [0.25, 0.3) is 0 Å². The van der Waals surface area contributed by atoms with Crippen LogP contribution in [0.15, 0.2) is 66.9 Å². The molecule has 0 radical (unpaired) electrons. The second-order valence-electron chi connectivity index (χ2n) is 9.25. The Balaban J connectivity index is 1.46. The van der Waals surface area contributed by atoms with Crippen LogP contribution < -0.4 is 5.32 Å². The van der Waals surface area contributed by atoms with Gasteiger partial charge < -0.3 is 24.6 Å². The molecule has 2 aromatic rings. The fourth-order valence-electron chi connectivity index (χ4n) is 4.76. The standard InChI is InChI=1S/C29H31NO7/c1-19(31)35-24-17-23-15-21-9-5-11-26(32)28(21)29(34)37-22(16-25(18-24)36-23)10-6-14-30-27(33)13-12-20-7-3-2-4-8-20/h2-9,11-14,22-25,32H,10,15-18H2,1H3,(H,30,33)/b13-12+,14-6+/t22-,23-,24+,25-/m0/s1. The lowest BCUT2D eigenvalue weighted by molar-refractivity contribution is -0.161. The lowest BCUT2D eigenvalue weighted by Crippen LogP contribution is -2.41. The van der Waals surface area contributed by atoms with Gasteiger partial charge in [0.05, 0.1) is 12.2 Å². The van der Waals surface area contributed by atoms with E-state index in [-0.39, 0.29) is 41.5 Å². The van der Waals surface area contributed by atoms with Crippen LogP contribution in [0.5, 0.6) is 5.75 Å². The van der Waals surface area contributed by atoms with E-state index in [0.717, 1.165) is 5.56 Å². The minimum atomic E-state index is -0.599. The molecule has 1 fully saturated rings. The molecule has 8 heteroatoms. The normalized spacial score (nSPS) is 23.8. The molecule has 2 heterocycles. The van der Waals surface area contributed by atoms with Gasteiger partial charge in [0.2, 0.25) is 5.91 Å². The number of benzene rings is 2. The number of carbonyl (C=O) groups excluding carboxylic acids is 3. The number of amides is 1. The summed E-state index contributed by atoms with van der Waals surface area (Å²) in [6.07, 6.45) is 7.05. The van der Waals surface area contributed by atoms with Gasteiger partial charge in [0.15, 0.2) is 0 Å². The molecule has 0 saturated carbocycles. The number of hydrogen-bond acceptors (Lipinski definition) is 7. The lowest BCUT2D eigenvalue weighted by Gasteiger charge is -2.37. The predicted molar refractivity (Wildman–Crippen MR) is 136 cm³/mol. The quantitative estimate of drug-likeness (QED) is 0.450. The molecular formula is C29H31NO7. The predicted octanol–water partition coefficient (Wildman–Crippen LogP) is 4.08. The Morgan fingerprint density at radius 1 is 1.08 bits per heavy atom. The summed E-state index contributed by atoms with van der Waals surface area (Å²) < 4.78 is 17.6. The van der Waals surface area contributed by atoms with Crippen molar-refractivity contribution in [2.24, 2.45) is 0 Å². The van der Waals surface area contributed by atoms with Gasteiger partial charge in [-0.1, -0.05) is 48.5 Å². The topological polar surface area (TPSA) is 111 Å². The minimum Gasteiger partial charge on any atom is -0.507 e. The zero-order valence-electron chi connectivity index (χ0n) is 20.7. The highest BCUT2D eigenvalue weighted by Crippen LogP contribution is 2.33. The maximum atomic E-state index is 13.0. The third-order valence-corrected chi connectivity index (χ3v) is 6.32. The first-order chi connectivity index (χ1) is 17.9. The summed E-state index contributed by atoms with van der Waals surface area (Å²) in [4.78, 5) is 36.8. The smallest absolute Gasteiger partial charge is 0.342 e. The van der Waals surface area contributed by atoms with Crippen LogP contribution in [0.1, 0.15) is 54.1 Å². The molecule has 4 rings (SSSR count). The van der Waals surface area contributed by atoms with Gasteiger partial charge in [-0.05, 0) is 29.7 Å². The SMILES string of the molecule is CC(=O)O[C@H]1C[C@@H]2C[C@H](C/C=C/NC(=O)/C=C/c3ccccc3)OC(=O)c3c(O)cccc3C[C@@H](C1)O2. The molecule has 0 aromatic heterocycles. The summed E-state index contributed by atoms with van der Waals surface area (Å²) in [6, 6.07) is 14.4. The number of hydrogen-bond donors (Lipinski definition) is 2. The summed E-state index contributed by atoms with van der Waals surface area (Å²) in [5.74, 6) is -1.39. The first-order valence-electron chi connectivity index (χ1n) is 12.4. The van der Waals surface area contributed by atoms with Gasteiger partial charge in [-0.3, -0.25) is 9.59 Å². The van der Waals surface area contributed by atoms with Crippen LogP contribution in [0.25, 0.3) is 6.08 Å². The van der Waals surface area contributed by atoms with E-state index in [1.54, 1.807) is 24.3 Å². The number of fused-ring (bicyclic) bond motifs is 3.